The molecular formula is C12H18FN3O2. The number of carboxylic acids is 1. The van der Waals surface area contributed by atoms with E-state index < -0.39 is 11.8 Å². The highest BCUT2D eigenvalue weighted by atomic mass is 19.1. The third-order valence-electron chi connectivity index (χ3n) is 2.69. The Morgan fingerprint density at radius 3 is 2.56 bits per heavy atom. The lowest BCUT2D eigenvalue weighted by molar-refractivity contribution is -0.141. The zero-order valence-corrected chi connectivity index (χ0v) is 10.6. The van der Waals surface area contributed by atoms with Crippen molar-refractivity contribution >= 4 is 11.9 Å². The summed E-state index contributed by atoms with van der Waals surface area (Å²) in [5.74, 6) is -1.17. The SMILES string of the molecule is CC(CCCC(C)C(=O)O)Nc1ncc(F)cn1. The van der Waals surface area contributed by atoms with Crippen molar-refractivity contribution in [3.63, 3.8) is 0 Å². The van der Waals surface area contributed by atoms with Crippen molar-refractivity contribution in [3.05, 3.63) is 18.2 Å². The normalized spacial score (nSPS) is 13.9. The van der Waals surface area contributed by atoms with Crippen molar-refractivity contribution in [2.75, 3.05) is 5.32 Å². The van der Waals surface area contributed by atoms with Gasteiger partial charge in [0.1, 0.15) is 0 Å². The maximum Gasteiger partial charge on any atom is 0.306 e. The Kier molecular flexibility index (Phi) is 5.48. The van der Waals surface area contributed by atoms with Crippen LogP contribution in [0.1, 0.15) is 33.1 Å². The summed E-state index contributed by atoms with van der Waals surface area (Å²) in [5, 5.41) is 11.8. The second kappa shape index (κ2) is 6.88. The van der Waals surface area contributed by atoms with Crippen LogP contribution in [0.3, 0.4) is 0 Å². The van der Waals surface area contributed by atoms with E-state index in [0.29, 0.717) is 12.4 Å². The molecule has 18 heavy (non-hydrogen) atoms. The number of rotatable bonds is 7. The fraction of sp³-hybridized carbons (Fsp3) is 0.583. The molecule has 0 bridgehead atoms. The summed E-state index contributed by atoms with van der Waals surface area (Å²) in [4.78, 5) is 18.2. The molecule has 0 aliphatic rings. The Morgan fingerprint density at radius 2 is 2.00 bits per heavy atom. The maximum absolute atomic E-state index is 12.6. The molecule has 5 nitrogen and oxygen atoms in total. The Morgan fingerprint density at radius 1 is 1.39 bits per heavy atom. The minimum absolute atomic E-state index is 0.122. The first-order chi connectivity index (χ1) is 8.49. The number of nitrogens with one attached hydrogen (secondary N) is 1. The zero-order chi connectivity index (χ0) is 13.5. The van der Waals surface area contributed by atoms with Gasteiger partial charge in [0.2, 0.25) is 5.95 Å². The highest BCUT2D eigenvalue weighted by Gasteiger charge is 2.11. The van der Waals surface area contributed by atoms with E-state index in [-0.39, 0.29) is 12.0 Å². The van der Waals surface area contributed by atoms with Crippen LogP contribution in [0, 0.1) is 11.7 Å². The topological polar surface area (TPSA) is 75.1 Å². The number of nitrogens with zero attached hydrogens (tertiary/aromatic N) is 2. The maximum atomic E-state index is 12.6. The molecule has 0 aliphatic carbocycles. The molecule has 100 valence electrons. The minimum Gasteiger partial charge on any atom is -0.481 e. The van der Waals surface area contributed by atoms with Crippen molar-refractivity contribution < 1.29 is 14.3 Å². The van der Waals surface area contributed by atoms with Gasteiger partial charge in [-0.2, -0.15) is 0 Å². The van der Waals surface area contributed by atoms with E-state index in [1.165, 1.54) is 0 Å². The molecule has 2 atom stereocenters. The second-order valence-electron chi connectivity index (χ2n) is 4.44. The molecule has 2 unspecified atom stereocenters. The summed E-state index contributed by atoms with van der Waals surface area (Å²) >= 11 is 0. The number of carbonyl (C=O) groups is 1. The van der Waals surface area contributed by atoms with Crippen LogP contribution >= 0.6 is 0 Å². The summed E-state index contributed by atoms with van der Waals surface area (Å²) in [6, 6.07) is 0.122. The van der Waals surface area contributed by atoms with E-state index in [9.17, 15) is 9.18 Å². The van der Waals surface area contributed by atoms with E-state index in [1.807, 2.05) is 6.92 Å². The van der Waals surface area contributed by atoms with Crippen molar-refractivity contribution in [1.82, 2.24) is 9.97 Å². The van der Waals surface area contributed by atoms with Crippen molar-refractivity contribution in [2.24, 2.45) is 5.92 Å². The van der Waals surface area contributed by atoms with Gasteiger partial charge in [-0.3, -0.25) is 4.79 Å². The van der Waals surface area contributed by atoms with Gasteiger partial charge < -0.3 is 10.4 Å². The fourth-order valence-corrected chi connectivity index (χ4v) is 1.53. The van der Waals surface area contributed by atoms with Crippen molar-refractivity contribution in [3.8, 4) is 0 Å². The smallest absolute Gasteiger partial charge is 0.306 e. The predicted molar refractivity (Wildman–Crippen MR) is 65.7 cm³/mol. The van der Waals surface area contributed by atoms with E-state index in [0.717, 1.165) is 25.2 Å². The molecule has 1 rings (SSSR count). The Bertz CT molecular complexity index is 383. The first-order valence-corrected chi connectivity index (χ1v) is 5.96. The highest BCUT2D eigenvalue weighted by molar-refractivity contribution is 5.69. The molecule has 2 N–H and O–H groups in total. The largest absolute Gasteiger partial charge is 0.481 e. The van der Waals surface area contributed by atoms with Crippen LogP contribution in [0.5, 0.6) is 0 Å². The van der Waals surface area contributed by atoms with E-state index in [4.69, 9.17) is 5.11 Å². The van der Waals surface area contributed by atoms with E-state index in [2.05, 4.69) is 15.3 Å². The lowest BCUT2D eigenvalue weighted by Crippen LogP contribution is -2.18. The van der Waals surface area contributed by atoms with Gasteiger partial charge in [-0.25, -0.2) is 14.4 Å². The van der Waals surface area contributed by atoms with E-state index >= 15 is 0 Å². The summed E-state index contributed by atoms with van der Waals surface area (Å²) in [7, 11) is 0. The molecule has 0 saturated heterocycles. The number of aliphatic carboxylic acids is 1. The number of aromatic nitrogens is 2. The summed E-state index contributed by atoms with van der Waals surface area (Å²) in [6.45, 7) is 3.65. The molecule has 1 heterocycles. The van der Waals surface area contributed by atoms with Gasteiger partial charge in [0, 0.05) is 6.04 Å². The quantitative estimate of drug-likeness (QED) is 0.782. The molecule has 6 heteroatoms. The van der Waals surface area contributed by atoms with Crippen LogP contribution in [0.25, 0.3) is 0 Å². The first-order valence-electron chi connectivity index (χ1n) is 5.96. The van der Waals surface area contributed by atoms with Crippen LogP contribution in [0.15, 0.2) is 12.4 Å². The van der Waals surface area contributed by atoms with Gasteiger partial charge in [0.15, 0.2) is 5.82 Å². The van der Waals surface area contributed by atoms with Crippen LogP contribution in [-0.4, -0.2) is 27.1 Å². The number of carboxylic acid groups (broad SMARTS) is 1. The standard InChI is InChI=1S/C12H18FN3O2/c1-8(11(17)18)4-3-5-9(2)16-12-14-6-10(13)7-15-12/h6-9H,3-5H2,1-2H3,(H,17,18)(H,14,15,16). The van der Waals surface area contributed by atoms with Crippen molar-refractivity contribution in [2.45, 2.75) is 39.2 Å². The first kappa shape index (κ1) is 14.3. The summed E-state index contributed by atoms with van der Waals surface area (Å²) < 4.78 is 12.6. The highest BCUT2D eigenvalue weighted by Crippen LogP contribution is 2.11. The van der Waals surface area contributed by atoms with Gasteiger partial charge >= 0.3 is 5.97 Å². The Labute approximate surface area is 105 Å². The number of hydrogen-bond donors (Lipinski definition) is 2. The number of halogens is 1. The molecular weight excluding hydrogens is 237 g/mol. The number of anilines is 1. The fourth-order valence-electron chi connectivity index (χ4n) is 1.53. The molecule has 0 saturated carbocycles. The van der Waals surface area contributed by atoms with Crippen LogP contribution in [0.4, 0.5) is 10.3 Å². The molecule has 0 spiro atoms. The lowest BCUT2D eigenvalue weighted by atomic mass is 10.0. The summed E-state index contributed by atoms with van der Waals surface area (Å²) in [6.07, 6.45) is 4.48. The molecule has 1 aromatic heterocycles. The van der Waals surface area contributed by atoms with Crippen LogP contribution in [-0.2, 0) is 4.79 Å². The van der Waals surface area contributed by atoms with Crippen molar-refractivity contribution in [1.29, 1.82) is 0 Å². The third-order valence-corrected chi connectivity index (χ3v) is 2.69. The van der Waals surface area contributed by atoms with Gasteiger partial charge in [0.05, 0.1) is 18.3 Å². The van der Waals surface area contributed by atoms with Gasteiger partial charge in [-0.1, -0.05) is 13.3 Å². The zero-order valence-electron chi connectivity index (χ0n) is 10.6. The third kappa shape index (κ3) is 5.07. The van der Waals surface area contributed by atoms with Gasteiger partial charge in [-0.05, 0) is 19.8 Å². The summed E-state index contributed by atoms with van der Waals surface area (Å²) in [5.41, 5.74) is 0. The van der Waals surface area contributed by atoms with Gasteiger partial charge in [0.25, 0.3) is 0 Å². The average Bonchev–Trinajstić information content (AvgIpc) is 2.32. The predicted octanol–water partition coefficient (Wildman–Crippen LogP) is 2.31. The second-order valence-corrected chi connectivity index (χ2v) is 4.44. The van der Waals surface area contributed by atoms with Crippen LogP contribution < -0.4 is 5.32 Å². The molecule has 0 fully saturated rings. The molecule has 0 aromatic carbocycles. The Balaban J connectivity index is 2.27. The minimum atomic E-state index is -0.766. The molecule has 0 aliphatic heterocycles. The lowest BCUT2D eigenvalue weighted by Gasteiger charge is -2.14. The monoisotopic (exact) mass is 255 g/mol. The van der Waals surface area contributed by atoms with E-state index in [1.54, 1.807) is 6.92 Å². The molecule has 0 radical (unpaired) electrons. The number of hydrogen-bond acceptors (Lipinski definition) is 4. The molecule has 0 amide bonds. The Hall–Kier alpha value is -1.72. The van der Waals surface area contributed by atoms with Gasteiger partial charge in [-0.15, -0.1) is 0 Å². The average molecular weight is 255 g/mol. The molecule has 1 aromatic rings. The van der Waals surface area contributed by atoms with Crippen LogP contribution in [0.2, 0.25) is 0 Å².